The molecular formula is C25H31ClN6O3. The SMILES string of the molecule is CCN1C(=O)CCCc2cc(Nc3ncc(Cl)c(NC4C5CCC(C5)C4C(N)=O)n3)c(OC)cc21. The van der Waals surface area contributed by atoms with E-state index in [4.69, 9.17) is 22.1 Å². The van der Waals surface area contributed by atoms with Gasteiger partial charge < -0.3 is 26.0 Å². The summed E-state index contributed by atoms with van der Waals surface area (Å²) >= 11 is 6.43. The van der Waals surface area contributed by atoms with Crippen LogP contribution in [0.4, 0.5) is 23.1 Å². The summed E-state index contributed by atoms with van der Waals surface area (Å²) in [5.74, 6) is 1.76. The molecule has 1 aromatic heterocycles. The van der Waals surface area contributed by atoms with Gasteiger partial charge in [-0.05, 0) is 62.5 Å². The summed E-state index contributed by atoms with van der Waals surface area (Å²) in [7, 11) is 1.59. The summed E-state index contributed by atoms with van der Waals surface area (Å²) in [6, 6.07) is 3.82. The van der Waals surface area contributed by atoms with E-state index in [1.807, 2.05) is 19.1 Å². The second-order valence-corrected chi connectivity index (χ2v) is 10.0. The molecule has 9 nitrogen and oxygen atoms in total. The number of rotatable bonds is 7. The number of nitrogens with zero attached hydrogens (tertiary/aromatic N) is 3. The largest absolute Gasteiger partial charge is 0.494 e. The third-order valence-electron chi connectivity index (χ3n) is 7.68. The van der Waals surface area contributed by atoms with Crippen molar-refractivity contribution in [2.45, 2.75) is 51.5 Å². The summed E-state index contributed by atoms with van der Waals surface area (Å²) in [5.41, 5.74) is 8.39. The highest BCUT2D eigenvalue weighted by atomic mass is 35.5. The number of nitrogens with two attached hydrogens (primary N) is 1. The number of anilines is 4. The number of carbonyl (C=O) groups is 2. The molecule has 0 radical (unpaired) electrons. The van der Waals surface area contributed by atoms with Crippen LogP contribution >= 0.6 is 11.6 Å². The smallest absolute Gasteiger partial charge is 0.229 e. The summed E-state index contributed by atoms with van der Waals surface area (Å²) in [6.07, 6.45) is 6.77. The highest BCUT2D eigenvalue weighted by molar-refractivity contribution is 6.32. The molecule has 5 rings (SSSR count). The maximum absolute atomic E-state index is 12.5. The summed E-state index contributed by atoms with van der Waals surface area (Å²) in [4.78, 5) is 35.4. The van der Waals surface area contributed by atoms with Crippen LogP contribution in [0, 0.1) is 17.8 Å². The van der Waals surface area contributed by atoms with Crippen LogP contribution in [0.25, 0.3) is 0 Å². The van der Waals surface area contributed by atoms with Gasteiger partial charge in [-0.3, -0.25) is 9.59 Å². The number of hydrogen-bond donors (Lipinski definition) is 3. The molecule has 1 aliphatic heterocycles. The lowest BCUT2D eigenvalue weighted by Crippen LogP contribution is -2.42. The van der Waals surface area contributed by atoms with Gasteiger partial charge in [0.1, 0.15) is 10.8 Å². The molecule has 2 aromatic rings. The van der Waals surface area contributed by atoms with Crippen LogP contribution in [-0.4, -0.2) is 41.5 Å². The standard InChI is InChI=1S/C25H31ClN6O3/c1-3-32-18-11-19(35-2)17(10-13(18)5-4-6-20(32)33)29-25-28-12-16(26)24(31-25)30-22-15-8-7-14(9-15)21(22)23(27)34/h10-12,14-15,21-22H,3-9H2,1-2H3,(H2,27,34)(H2,28,29,30,31). The minimum absolute atomic E-state index is 0.0777. The maximum Gasteiger partial charge on any atom is 0.229 e. The van der Waals surface area contributed by atoms with Crippen molar-refractivity contribution in [3.8, 4) is 5.75 Å². The monoisotopic (exact) mass is 498 g/mol. The molecule has 2 fully saturated rings. The Morgan fingerprint density at radius 3 is 2.83 bits per heavy atom. The Hall–Kier alpha value is -3.07. The van der Waals surface area contributed by atoms with Crippen molar-refractivity contribution in [1.82, 2.24) is 9.97 Å². The van der Waals surface area contributed by atoms with Crippen molar-refractivity contribution in [1.29, 1.82) is 0 Å². The van der Waals surface area contributed by atoms with Crippen molar-refractivity contribution >= 4 is 46.6 Å². The molecule has 0 saturated heterocycles. The van der Waals surface area contributed by atoms with Gasteiger partial charge in [0.25, 0.3) is 0 Å². The van der Waals surface area contributed by atoms with Crippen molar-refractivity contribution in [2.75, 3.05) is 29.2 Å². The average Bonchev–Trinajstić information content (AvgIpc) is 3.40. The lowest BCUT2D eigenvalue weighted by Gasteiger charge is -2.30. The maximum atomic E-state index is 12.5. The molecule has 4 atom stereocenters. The third kappa shape index (κ3) is 4.37. The lowest BCUT2D eigenvalue weighted by atomic mass is 9.84. The molecule has 3 aliphatic rings. The first-order valence-electron chi connectivity index (χ1n) is 12.3. The Labute approximate surface area is 209 Å². The number of fused-ring (bicyclic) bond motifs is 3. The molecule has 35 heavy (non-hydrogen) atoms. The molecular weight excluding hydrogens is 468 g/mol. The minimum Gasteiger partial charge on any atom is -0.494 e. The van der Waals surface area contributed by atoms with Gasteiger partial charge in [-0.2, -0.15) is 4.98 Å². The van der Waals surface area contributed by atoms with E-state index in [9.17, 15) is 9.59 Å². The first kappa shape index (κ1) is 23.7. The number of nitrogens with one attached hydrogen (secondary N) is 2. The number of halogens is 1. The van der Waals surface area contributed by atoms with Gasteiger partial charge in [-0.25, -0.2) is 4.98 Å². The van der Waals surface area contributed by atoms with Crippen LogP contribution in [-0.2, 0) is 16.0 Å². The van der Waals surface area contributed by atoms with Gasteiger partial charge in [0.05, 0.1) is 30.6 Å². The van der Waals surface area contributed by atoms with E-state index in [1.54, 1.807) is 18.2 Å². The number of hydrogen-bond acceptors (Lipinski definition) is 7. The Morgan fingerprint density at radius 2 is 2.09 bits per heavy atom. The molecule has 4 unspecified atom stereocenters. The third-order valence-corrected chi connectivity index (χ3v) is 7.96. The zero-order chi connectivity index (χ0) is 24.7. The first-order valence-corrected chi connectivity index (χ1v) is 12.6. The number of aromatic nitrogens is 2. The van der Waals surface area contributed by atoms with E-state index in [2.05, 4.69) is 20.6 Å². The van der Waals surface area contributed by atoms with Gasteiger partial charge in [0.15, 0.2) is 5.82 Å². The fourth-order valence-electron chi connectivity index (χ4n) is 6.09. The Bertz CT molecular complexity index is 1160. The van der Waals surface area contributed by atoms with E-state index < -0.39 is 0 Å². The summed E-state index contributed by atoms with van der Waals surface area (Å²) < 4.78 is 5.64. The number of primary amides is 1. The van der Waals surface area contributed by atoms with Gasteiger partial charge in [0.2, 0.25) is 17.8 Å². The van der Waals surface area contributed by atoms with Crippen LogP contribution in [0.15, 0.2) is 18.3 Å². The van der Waals surface area contributed by atoms with E-state index in [-0.39, 0.29) is 23.8 Å². The Balaban J connectivity index is 1.42. The summed E-state index contributed by atoms with van der Waals surface area (Å²) in [5, 5.41) is 7.04. The zero-order valence-electron chi connectivity index (χ0n) is 20.0. The van der Waals surface area contributed by atoms with Crippen LogP contribution in [0.3, 0.4) is 0 Å². The number of methoxy groups -OCH3 is 1. The quantitative estimate of drug-likeness (QED) is 0.529. The second kappa shape index (κ2) is 9.53. The molecule has 10 heteroatoms. The van der Waals surface area contributed by atoms with Crippen LogP contribution < -0.4 is 26.0 Å². The fourth-order valence-corrected chi connectivity index (χ4v) is 6.24. The topological polar surface area (TPSA) is 122 Å². The van der Waals surface area contributed by atoms with Crippen LogP contribution in [0.5, 0.6) is 5.75 Å². The number of amides is 2. The number of benzene rings is 1. The van der Waals surface area contributed by atoms with Crippen LogP contribution in [0.1, 0.15) is 44.6 Å². The highest BCUT2D eigenvalue weighted by Gasteiger charge is 2.50. The number of aryl methyl sites for hydroxylation is 1. The predicted molar refractivity (Wildman–Crippen MR) is 135 cm³/mol. The molecule has 2 bridgehead atoms. The van der Waals surface area contributed by atoms with Gasteiger partial charge in [-0.15, -0.1) is 0 Å². The van der Waals surface area contributed by atoms with E-state index in [1.165, 1.54) is 0 Å². The predicted octanol–water partition coefficient (Wildman–Crippen LogP) is 3.88. The molecule has 4 N–H and O–H groups in total. The average molecular weight is 499 g/mol. The molecule has 2 aliphatic carbocycles. The fraction of sp³-hybridized carbons (Fsp3) is 0.520. The number of ether oxygens (including phenoxy) is 1. The van der Waals surface area contributed by atoms with Crippen LogP contribution in [0.2, 0.25) is 5.02 Å². The first-order chi connectivity index (χ1) is 16.9. The van der Waals surface area contributed by atoms with Crippen molar-refractivity contribution in [3.05, 3.63) is 28.9 Å². The van der Waals surface area contributed by atoms with Gasteiger partial charge >= 0.3 is 0 Å². The highest BCUT2D eigenvalue weighted by Crippen LogP contribution is 2.49. The number of carbonyl (C=O) groups excluding carboxylic acids is 2. The van der Waals surface area contributed by atoms with Crippen molar-refractivity contribution in [3.63, 3.8) is 0 Å². The summed E-state index contributed by atoms with van der Waals surface area (Å²) in [6.45, 7) is 2.58. The van der Waals surface area contributed by atoms with Gasteiger partial charge in [-0.1, -0.05) is 11.6 Å². The van der Waals surface area contributed by atoms with E-state index in [0.717, 1.165) is 43.4 Å². The van der Waals surface area contributed by atoms with Crippen molar-refractivity contribution < 1.29 is 14.3 Å². The molecule has 1 aromatic carbocycles. The Morgan fingerprint density at radius 1 is 1.29 bits per heavy atom. The van der Waals surface area contributed by atoms with Gasteiger partial charge in [0, 0.05) is 25.1 Å². The lowest BCUT2D eigenvalue weighted by molar-refractivity contribution is -0.123. The normalized spacial score (nSPS) is 25.2. The van der Waals surface area contributed by atoms with E-state index in [0.29, 0.717) is 53.0 Å². The molecule has 2 amide bonds. The molecule has 2 saturated carbocycles. The second-order valence-electron chi connectivity index (χ2n) is 9.62. The molecule has 0 spiro atoms. The zero-order valence-corrected chi connectivity index (χ0v) is 20.8. The van der Waals surface area contributed by atoms with Crippen molar-refractivity contribution in [2.24, 2.45) is 23.5 Å². The Kier molecular flexibility index (Phi) is 6.44. The molecule has 2 heterocycles. The molecule has 186 valence electrons. The minimum atomic E-state index is -0.271. The van der Waals surface area contributed by atoms with E-state index >= 15 is 0 Å².